The maximum absolute atomic E-state index is 15.1. The van der Waals surface area contributed by atoms with E-state index in [0.29, 0.717) is 54.2 Å². The summed E-state index contributed by atoms with van der Waals surface area (Å²) in [7, 11) is 0. The van der Waals surface area contributed by atoms with E-state index in [4.69, 9.17) is 21.1 Å². The standard InChI is InChI=1S/C22H24ClFN4O3/c1-12-22(3-6-30-7-4-22)14-8-13(9-16(24)20(14)26-12)19-15(23)10-25-21(28-19)27-17-2-5-31-11-18(17)29/h8-10,17-18,29H,2-7,11H2,1H3,(H,25,27,28)/t17-,18-/m1/s1. The molecule has 0 unspecified atom stereocenters. The molecule has 0 radical (unpaired) electrons. The van der Waals surface area contributed by atoms with Crippen LogP contribution in [0.25, 0.3) is 11.3 Å². The summed E-state index contributed by atoms with van der Waals surface area (Å²) >= 11 is 6.42. The van der Waals surface area contributed by atoms with E-state index in [0.717, 1.165) is 24.1 Å². The molecular formula is C22H24ClFN4O3. The summed E-state index contributed by atoms with van der Waals surface area (Å²) < 4.78 is 25.9. The number of fused-ring (bicyclic) bond motifs is 2. The number of hydrogen-bond acceptors (Lipinski definition) is 7. The average molecular weight is 447 g/mol. The van der Waals surface area contributed by atoms with Crippen molar-refractivity contribution in [1.29, 1.82) is 0 Å². The van der Waals surface area contributed by atoms with Crippen LogP contribution in [-0.2, 0) is 14.9 Å². The number of rotatable bonds is 3. The molecule has 0 amide bonds. The SMILES string of the molecule is CC1=Nc2c(F)cc(-c3nc(N[C@@H]4CCOC[C@H]4O)ncc3Cl)cc2C12CCOCC2. The van der Waals surface area contributed by atoms with Crippen LogP contribution in [0.4, 0.5) is 16.0 Å². The van der Waals surface area contributed by atoms with E-state index in [1.54, 1.807) is 0 Å². The largest absolute Gasteiger partial charge is 0.389 e. The normalized spacial score (nSPS) is 24.7. The van der Waals surface area contributed by atoms with Crippen LogP contribution in [0.15, 0.2) is 23.3 Å². The summed E-state index contributed by atoms with van der Waals surface area (Å²) in [6.45, 7) is 4.01. The van der Waals surface area contributed by atoms with E-state index in [1.165, 1.54) is 12.3 Å². The lowest BCUT2D eigenvalue weighted by Gasteiger charge is -2.35. The number of nitrogens with one attached hydrogen (secondary N) is 1. The van der Waals surface area contributed by atoms with Gasteiger partial charge in [-0.3, -0.25) is 4.99 Å². The van der Waals surface area contributed by atoms with Crippen molar-refractivity contribution < 1.29 is 19.0 Å². The highest BCUT2D eigenvalue weighted by Gasteiger charge is 2.44. The highest BCUT2D eigenvalue weighted by atomic mass is 35.5. The van der Waals surface area contributed by atoms with E-state index in [9.17, 15) is 5.11 Å². The van der Waals surface area contributed by atoms with Crippen molar-refractivity contribution in [2.75, 3.05) is 31.7 Å². The van der Waals surface area contributed by atoms with Crippen molar-refractivity contribution >= 4 is 28.9 Å². The number of aliphatic hydroxyl groups is 1. The predicted octanol–water partition coefficient (Wildman–Crippen LogP) is 3.65. The minimum atomic E-state index is -0.651. The zero-order valence-electron chi connectivity index (χ0n) is 17.2. The first kappa shape index (κ1) is 20.8. The summed E-state index contributed by atoms with van der Waals surface area (Å²) in [6.07, 6.45) is 3.02. The molecule has 9 heteroatoms. The number of benzene rings is 1. The maximum atomic E-state index is 15.1. The molecule has 4 heterocycles. The van der Waals surface area contributed by atoms with E-state index in [2.05, 4.69) is 20.3 Å². The number of halogens is 2. The van der Waals surface area contributed by atoms with Crippen LogP contribution in [0.1, 0.15) is 31.7 Å². The first-order valence-corrected chi connectivity index (χ1v) is 10.9. The van der Waals surface area contributed by atoms with Gasteiger partial charge in [-0.2, -0.15) is 0 Å². The summed E-state index contributed by atoms with van der Waals surface area (Å²) in [6, 6.07) is 3.15. The molecule has 2 fully saturated rings. The number of hydrogen-bond donors (Lipinski definition) is 2. The summed E-state index contributed by atoms with van der Waals surface area (Å²) in [4.78, 5) is 13.4. The molecule has 1 spiro atoms. The monoisotopic (exact) mass is 446 g/mol. The molecule has 2 saturated heterocycles. The summed E-state index contributed by atoms with van der Waals surface area (Å²) in [5.41, 5.74) is 2.90. The first-order valence-electron chi connectivity index (χ1n) is 10.5. The number of ether oxygens (including phenoxy) is 2. The van der Waals surface area contributed by atoms with Crippen molar-refractivity contribution in [2.24, 2.45) is 4.99 Å². The zero-order chi connectivity index (χ0) is 21.6. The van der Waals surface area contributed by atoms with Gasteiger partial charge in [-0.1, -0.05) is 11.6 Å². The molecule has 5 rings (SSSR count). The van der Waals surface area contributed by atoms with Crippen LogP contribution in [-0.4, -0.2) is 59.4 Å². The second-order valence-electron chi connectivity index (χ2n) is 8.32. The topological polar surface area (TPSA) is 88.9 Å². The van der Waals surface area contributed by atoms with Gasteiger partial charge in [0.1, 0.15) is 11.5 Å². The van der Waals surface area contributed by atoms with E-state index in [-0.39, 0.29) is 23.9 Å². The maximum Gasteiger partial charge on any atom is 0.223 e. The molecule has 0 saturated carbocycles. The fraction of sp³-hybridized carbons (Fsp3) is 0.500. The Bertz CT molecular complexity index is 1040. The van der Waals surface area contributed by atoms with Crippen molar-refractivity contribution in [2.45, 2.75) is 43.7 Å². The van der Waals surface area contributed by atoms with Crippen molar-refractivity contribution in [3.63, 3.8) is 0 Å². The lowest BCUT2D eigenvalue weighted by molar-refractivity contribution is -0.0136. The van der Waals surface area contributed by atoms with Crippen LogP contribution in [0.2, 0.25) is 5.02 Å². The molecule has 3 aliphatic rings. The molecule has 2 aromatic rings. The highest BCUT2D eigenvalue weighted by Crippen LogP contribution is 2.49. The molecule has 2 N–H and O–H groups in total. The third-order valence-corrected chi connectivity index (χ3v) is 6.83. The van der Waals surface area contributed by atoms with Crippen molar-refractivity contribution in [1.82, 2.24) is 9.97 Å². The van der Waals surface area contributed by atoms with Crippen molar-refractivity contribution in [3.05, 3.63) is 34.7 Å². The van der Waals surface area contributed by atoms with Gasteiger partial charge in [0.15, 0.2) is 0 Å². The highest BCUT2D eigenvalue weighted by molar-refractivity contribution is 6.33. The Morgan fingerprint density at radius 1 is 1.23 bits per heavy atom. The fourth-order valence-corrected chi connectivity index (χ4v) is 4.93. The Balaban J connectivity index is 1.52. The van der Waals surface area contributed by atoms with Gasteiger partial charge in [0, 0.05) is 36.5 Å². The van der Waals surface area contributed by atoms with Gasteiger partial charge < -0.3 is 19.9 Å². The zero-order valence-corrected chi connectivity index (χ0v) is 18.0. The van der Waals surface area contributed by atoms with E-state index >= 15 is 4.39 Å². The fourth-order valence-electron chi connectivity index (χ4n) is 4.73. The van der Waals surface area contributed by atoms with Crippen LogP contribution >= 0.6 is 11.6 Å². The summed E-state index contributed by atoms with van der Waals surface area (Å²) in [5.74, 6) is -0.0567. The Morgan fingerprint density at radius 3 is 2.81 bits per heavy atom. The second kappa shape index (κ2) is 8.09. The number of anilines is 1. The average Bonchev–Trinajstić information content (AvgIpc) is 3.03. The van der Waals surface area contributed by atoms with Gasteiger partial charge in [0.25, 0.3) is 0 Å². The number of nitrogens with zero attached hydrogens (tertiary/aromatic N) is 3. The van der Waals surface area contributed by atoms with Gasteiger partial charge >= 0.3 is 0 Å². The molecule has 1 aromatic carbocycles. The molecule has 3 aliphatic heterocycles. The Labute approximate surface area is 184 Å². The molecule has 31 heavy (non-hydrogen) atoms. The molecule has 164 valence electrons. The molecule has 1 aromatic heterocycles. The van der Waals surface area contributed by atoms with Gasteiger partial charge in [0.2, 0.25) is 5.95 Å². The molecule has 0 bridgehead atoms. The third kappa shape index (κ3) is 3.61. The summed E-state index contributed by atoms with van der Waals surface area (Å²) in [5, 5.41) is 13.6. The van der Waals surface area contributed by atoms with Gasteiger partial charge in [-0.25, -0.2) is 14.4 Å². The van der Waals surface area contributed by atoms with Gasteiger partial charge in [-0.05, 0) is 43.9 Å². The minimum Gasteiger partial charge on any atom is -0.389 e. The van der Waals surface area contributed by atoms with Crippen LogP contribution in [0.5, 0.6) is 0 Å². The van der Waals surface area contributed by atoms with Gasteiger partial charge in [-0.15, -0.1) is 0 Å². The lowest BCUT2D eigenvalue weighted by atomic mass is 9.71. The minimum absolute atomic E-state index is 0.221. The molecular weight excluding hydrogens is 423 g/mol. The second-order valence-corrected chi connectivity index (χ2v) is 8.73. The Morgan fingerprint density at radius 2 is 2.03 bits per heavy atom. The van der Waals surface area contributed by atoms with Crippen LogP contribution in [0.3, 0.4) is 0 Å². The van der Waals surface area contributed by atoms with E-state index < -0.39 is 6.10 Å². The Kier molecular flexibility index (Phi) is 5.42. The number of aliphatic imine (C=N–C) groups is 1. The molecule has 2 atom stereocenters. The smallest absolute Gasteiger partial charge is 0.223 e. The third-order valence-electron chi connectivity index (χ3n) is 6.56. The van der Waals surface area contributed by atoms with Crippen LogP contribution < -0.4 is 5.32 Å². The number of aromatic nitrogens is 2. The van der Waals surface area contributed by atoms with Gasteiger partial charge in [0.05, 0.1) is 35.7 Å². The first-order chi connectivity index (χ1) is 15.0. The Hall–Kier alpha value is -2.13. The molecule has 7 nitrogen and oxygen atoms in total. The van der Waals surface area contributed by atoms with E-state index in [1.807, 2.05) is 13.0 Å². The lowest BCUT2D eigenvalue weighted by Crippen LogP contribution is -2.42. The number of aliphatic hydroxyl groups excluding tert-OH is 1. The molecule has 0 aliphatic carbocycles. The van der Waals surface area contributed by atoms with Crippen LogP contribution in [0, 0.1) is 5.82 Å². The predicted molar refractivity (Wildman–Crippen MR) is 116 cm³/mol. The quantitative estimate of drug-likeness (QED) is 0.748. The van der Waals surface area contributed by atoms with Crippen molar-refractivity contribution in [3.8, 4) is 11.3 Å².